The predicted molar refractivity (Wildman–Crippen MR) is 101 cm³/mol. The molecule has 2 N–H and O–H groups in total. The van der Waals surface area contributed by atoms with Gasteiger partial charge in [-0.3, -0.25) is 0 Å². The molecule has 4 rings (SSSR count). The summed E-state index contributed by atoms with van der Waals surface area (Å²) in [5.74, 6) is -0.132. The summed E-state index contributed by atoms with van der Waals surface area (Å²) in [5.41, 5.74) is 8.72. The molecule has 3 aromatic carbocycles. The van der Waals surface area contributed by atoms with Gasteiger partial charge in [-0.25, -0.2) is 0 Å². The average Bonchev–Trinajstić information content (AvgIpc) is 3.03. The number of nitriles is 1. The molecule has 0 radical (unpaired) electrons. The van der Waals surface area contributed by atoms with E-state index in [9.17, 15) is 5.26 Å². The van der Waals surface area contributed by atoms with Crippen molar-refractivity contribution in [1.29, 1.82) is 5.26 Å². The molecule has 0 fully saturated rings. The van der Waals surface area contributed by atoms with Gasteiger partial charge in [-0.1, -0.05) is 91.0 Å². The third-order valence-corrected chi connectivity index (χ3v) is 4.89. The molecule has 0 spiro atoms. The van der Waals surface area contributed by atoms with E-state index in [-0.39, 0.29) is 11.8 Å². The lowest BCUT2D eigenvalue weighted by molar-refractivity contribution is 0.0462. The van der Waals surface area contributed by atoms with E-state index in [4.69, 9.17) is 10.5 Å². The smallest absolute Gasteiger partial charge is 0.200 e. The van der Waals surface area contributed by atoms with Crippen molar-refractivity contribution in [3.05, 3.63) is 119 Å². The molecule has 3 heteroatoms. The van der Waals surface area contributed by atoms with Gasteiger partial charge in [-0.15, -0.1) is 0 Å². The molecule has 0 aliphatic carbocycles. The van der Waals surface area contributed by atoms with Crippen LogP contribution >= 0.6 is 0 Å². The van der Waals surface area contributed by atoms with Crippen molar-refractivity contribution < 1.29 is 4.74 Å². The van der Waals surface area contributed by atoms with Crippen molar-refractivity contribution in [1.82, 2.24) is 0 Å². The number of hydrogen-bond donors (Lipinski definition) is 1. The molecular weight excluding hydrogens is 320 g/mol. The number of ether oxygens (including phenoxy) is 1. The zero-order chi connectivity index (χ0) is 18.0. The Morgan fingerprint density at radius 3 is 1.69 bits per heavy atom. The van der Waals surface area contributed by atoms with Gasteiger partial charge in [0.25, 0.3) is 0 Å². The topological polar surface area (TPSA) is 59.0 Å². The molecule has 0 aromatic heterocycles. The molecular formula is C23H18N2O. The molecule has 3 aromatic rings. The minimum Gasteiger partial charge on any atom is -0.461 e. The van der Waals surface area contributed by atoms with E-state index < -0.39 is 5.60 Å². The van der Waals surface area contributed by atoms with Crippen LogP contribution in [0.1, 0.15) is 22.6 Å². The van der Waals surface area contributed by atoms with Crippen LogP contribution < -0.4 is 5.73 Å². The maximum absolute atomic E-state index is 9.83. The first-order chi connectivity index (χ1) is 12.8. The van der Waals surface area contributed by atoms with Gasteiger partial charge >= 0.3 is 0 Å². The molecule has 0 amide bonds. The van der Waals surface area contributed by atoms with Gasteiger partial charge in [0.15, 0.2) is 11.5 Å². The van der Waals surface area contributed by atoms with E-state index in [0.717, 1.165) is 16.7 Å². The fourth-order valence-corrected chi connectivity index (χ4v) is 3.79. The van der Waals surface area contributed by atoms with Crippen molar-refractivity contribution in [2.45, 2.75) is 11.5 Å². The zero-order valence-electron chi connectivity index (χ0n) is 14.2. The molecule has 126 valence electrons. The highest BCUT2D eigenvalue weighted by Gasteiger charge is 2.53. The van der Waals surface area contributed by atoms with Gasteiger partial charge in [0, 0.05) is 11.1 Å². The molecule has 1 heterocycles. The summed E-state index contributed by atoms with van der Waals surface area (Å²) < 4.78 is 6.33. The van der Waals surface area contributed by atoms with E-state index in [0.29, 0.717) is 5.57 Å². The standard InChI is InChI=1S/C23H18N2O/c24-16-20-21(17-10-4-1-5-11-17)23(26-22(20)25,18-12-6-2-7-13-18)19-14-8-3-9-15-19/h1-15,21H,25H2. The second-order valence-corrected chi connectivity index (χ2v) is 6.30. The summed E-state index contributed by atoms with van der Waals surface area (Å²) in [7, 11) is 0. The summed E-state index contributed by atoms with van der Waals surface area (Å²) in [6, 6.07) is 32.2. The largest absolute Gasteiger partial charge is 0.461 e. The molecule has 0 saturated heterocycles. The van der Waals surface area contributed by atoms with Gasteiger partial charge in [0.05, 0.1) is 5.92 Å². The Balaban J connectivity index is 2.04. The summed E-state index contributed by atoms with van der Waals surface area (Å²) in [5, 5.41) is 9.83. The van der Waals surface area contributed by atoms with E-state index in [2.05, 4.69) is 6.07 Å². The number of rotatable bonds is 3. The number of nitrogens with two attached hydrogens (primary N) is 1. The lowest BCUT2D eigenvalue weighted by Crippen LogP contribution is -2.34. The molecule has 0 saturated carbocycles. The fourth-order valence-electron chi connectivity index (χ4n) is 3.79. The first kappa shape index (κ1) is 16.0. The predicted octanol–water partition coefficient (Wildman–Crippen LogP) is 4.44. The van der Waals surface area contributed by atoms with Crippen LogP contribution in [-0.4, -0.2) is 0 Å². The maximum Gasteiger partial charge on any atom is 0.200 e. The van der Waals surface area contributed by atoms with Crippen LogP contribution in [0.2, 0.25) is 0 Å². The maximum atomic E-state index is 9.83. The van der Waals surface area contributed by atoms with E-state index in [1.54, 1.807) is 0 Å². The minimum atomic E-state index is -0.876. The second kappa shape index (κ2) is 6.42. The molecule has 1 unspecified atom stereocenters. The highest BCUT2D eigenvalue weighted by molar-refractivity contribution is 5.53. The molecule has 26 heavy (non-hydrogen) atoms. The van der Waals surface area contributed by atoms with Crippen molar-refractivity contribution in [3.63, 3.8) is 0 Å². The van der Waals surface area contributed by atoms with Gasteiger partial charge in [-0.05, 0) is 5.56 Å². The van der Waals surface area contributed by atoms with Gasteiger partial charge in [0.2, 0.25) is 0 Å². The number of hydrogen-bond acceptors (Lipinski definition) is 3. The van der Waals surface area contributed by atoms with Crippen molar-refractivity contribution in [3.8, 4) is 6.07 Å². The number of nitrogens with zero attached hydrogens (tertiary/aromatic N) is 1. The Kier molecular flexibility index (Phi) is 3.95. The van der Waals surface area contributed by atoms with Crippen molar-refractivity contribution >= 4 is 0 Å². The monoisotopic (exact) mass is 338 g/mol. The average molecular weight is 338 g/mol. The molecule has 0 bridgehead atoms. The van der Waals surface area contributed by atoms with Crippen LogP contribution in [0.3, 0.4) is 0 Å². The van der Waals surface area contributed by atoms with Crippen LogP contribution in [0.25, 0.3) is 0 Å². The first-order valence-electron chi connectivity index (χ1n) is 8.52. The zero-order valence-corrected chi connectivity index (χ0v) is 14.2. The van der Waals surface area contributed by atoms with Crippen LogP contribution in [0.5, 0.6) is 0 Å². The minimum absolute atomic E-state index is 0.189. The Morgan fingerprint density at radius 1 is 0.769 bits per heavy atom. The first-order valence-corrected chi connectivity index (χ1v) is 8.52. The Bertz CT molecular complexity index is 933. The van der Waals surface area contributed by atoms with Crippen molar-refractivity contribution in [2.75, 3.05) is 0 Å². The van der Waals surface area contributed by atoms with Gasteiger partial charge < -0.3 is 10.5 Å². The third-order valence-electron chi connectivity index (χ3n) is 4.89. The highest BCUT2D eigenvalue weighted by atomic mass is 16.5. The molecule has 1 aliphatic heterocycles. The summed E-state index contributed by atoms with van der Waals surface area (Å²) in [6.45, 7) is 0. The Morgan fingerprint density at radius 2 is 1.23 bits per heavy atom. The molecule has 3 nitrogen and oxygen atoms in total. The van der Waals surface area contributed by atoms with Crippen LogP contribution in [0.4, 0.5) is 0 Å². The summed E-state index contributed by atoms with van der Waals surface area (Å²) in [6.07, 6.45) is 0. The highest BCUT2D eigenvalue weighted by Crippen LogP contribution is 2.54. The van der Waals surface area contributed by atoms with Crippen molar-refractivity contribution in [2.24, 2.45) is 5.73 Å². The van der Waals surface area contributed by atoms with Gasteiger partial charge in [-0.2, -0.15) is 5.26 Å². The lowest BCUT2D eigenvalue weighted by atomic mass is 9.71. The van der Waals surface area contributed by atoms with Crippen LogP contribution in [0, 0.1) is 11.3 Å². The Hall–Kier alpha value is -3.51. The SMILES string of the molecule is N#CC1=C(N)OC(c2ccccc2)(c2ccccc2)C1c1ccccc1. The van der Waals surface area contributed by atoms with E-state index in [1.807, 2.05) is 91.0 Å². The summed E-state index contributed by atoms with van der Waals surface area (Å²) >= 11 is 0. The lowest BCUT2D eigenvalue weighted by Gasteiger charge is -2.36. The van der Waals surface area contributed by atoms with Gasteiger partial charge in [0.1, 0.15) is 11.6 Å². The quantitative estimate of drug-likeness (QED) is 0.768. The third kappa shape index (κ3) is 2.35. The Labute approximate surface area is 153 Å². The number of benzene rings is 3. The summed E-state index contributed by atoms with van der Waals surface area (Å²) in [4.78, 5) is 0. The van der Waals surface area contributed by atoms with E-state index in [1.165, 1.54) is 0 Å². The molecule has 1 atom stereocenters. The van der Waals surface area contributed by atoms with Crippen LogP contribution in [0.15, 0.2) is 102 Å². The normalized spacial score (nSPS) is 18.2. The molecule has 1 aliphatic rings. The second-order valence-electron chi connectivity index (χ2n) is 6.30. The fraction of sp³-hybridized carbons (Fsp3) is 0.0870. The van der Waals surface area contributed by atoms with E-state index >= 15 is 0 Å². The van der Waals surface area contributed by atoms with Crippen LogP contribution in [-0.2, 0) is 10.3 Å².